The Morgan fingerprint density at radius 3 is 2.71 bits per heavy atom. The summed E-state index contributed by atoms with van der Waals surface area (Å²) in [4.78, 5) is 0. The van der Waals surface area contributed by atoms with E-state index in [0.717, 1.165) is 47.6 Å². The summed E-state index contributed by atoms with van der Waals surface area (Å²) in [5.41, 5.74) is 1.95. The zero-order valence-corrected chi connectivity index (χ0v) is 14.9. The topological polar surface area (TPSA) is 55.1 Å². The first-order valence-electron chi connectivity index (χ1n) is 9.11. The van der Waals surface area contributed by atoms with Crippen molar-refractivity contribution in [2.45, 2.75) is 51.0 Å². The molecule has 0 spiro atoms. The van der Waals surface area contributed by atoms with Gasteiger partial charge in [-0.3, -0.25) is 0 Å². The molecule has 1 aromatic heterocycles. The van der Waals surface area contributed by atoms with Gasteiger partial charge in [-0.2, -0.15) is 0 Å². The quantitative estimate of drug-likeness (QED) is 0.797. The molecular weight excluding hydrogens is 319 g/mol. The van der Waals surface area contributed by atoms with Gasteiger partial charge >= 0.3 is 0 Å². The summed E-state index contributed by atoms with van der Waals surface area (Å²) < 4.78 is 18.5. The summed E-state index contributed by atoms with van der Waals surface area (Å²) in [5.74, 6) is 1.59. The molecule has 0 atom stereocenters. The van der Waals surface area contributed by atoms with Gasteiger partial charge in [0.25, 0.3) is 0 Å². The molecule has 5 heteroatoms. The maximum absolute atomic E-state index is 12.9. The van der Waals surface area contributed by atoms with Crippen LogP contribution < -0.4 is 10.6 Å². The first-order valence-corrected chi connectivity index (χ1v) is 11.2. The van der Waals surface area contributed by atoms with Crippen LogP contribution in [0.5, 0.6) is 0 Å². The van der Waals surface area contributed by atoms with Crippen molar-refractivity contribution >= 4 is 18.1 Å². The van der Waals surface area contributed by atoms with Gasteiger partial charge in [0.05, 0.1) is 6.54 Å². The Bertz CT molecular complexity index is 739. The lowest BCUT2D eigenvalue weighted by Crippen LogP contribution is -2.08. The van der Waals surface area contributed by atoms with Crippen LogP contribution in [0.25, 0.3) is 0 Å². The Morgan fingerprint density at radius 1 is 1.12 bits per heavy atom. The number of anilines is 1. The lowest BCUT2D eigenvalue weighted by atomic mass is 10.1. The zero-order valence-electron chi connectivity index (χ0n) is 14.0. The fourth-order valence-corrected chi connectivity index (χ4v) is 6.92. The predicted octanol–water partition coefficient (Wildman–Crippen LogP) is 4.73. The Labute approximate surface area is 143 Å². The highest BCUT2D eigenvalue weighted by atomic mass is 31.2. The van der Waals surface area contributed by atoms with Gasteiger partial charge in [0.1, 0.15) is 18.6 Å². The van der Waals surface area contributed by atoms with Gasteiger partial charge in [0.15, 0.2) is 0 Å². The molecule has 0 amide bonds. The van der Waals surface area contributed by atoms with E-state index in [2.05, 4.69) is 22.6 Å². The summed E-state index contributed by atoms with van der Waals surface area (Å²) in [6.45, 7) is 0.643. The van der Waals surface area contributed by atoms with Crippen molar-refractivity contribution < 1.29 is 9.09 Å². The molecular formula is C19H25N2O2P. The van der Waals surface area contributed by atoms with Crippen molar-refractivity contribution in [3.63, 3.8) is 0 Å². The lowest BCUT2D eigenvalue weighted by Gasteiger charge is -2.13. The second-order valence-corrected chi connectivity index (χ2v) is 10.3. The van der Waals surface area contributed by atoms with E-state index in [4.69, 9.17) is 4.52 Å². The first kappa shape index (κ1) is 16.0. The average Bonchev–Trinajstić information content (AvgIpc) is 3.35. The third-order valence-corrected chi connectivity index (χ3v) is 8.71. The summed E-state index contributed by atoms with van der Waals surface area (Å²) in [5, 5.41) is 8.62. The van der Waals surface area contributed by atoms with E-state index in [0.29, 0.717) is 12.5 Å². The van der Waals surface area contributed by atoms with Crippen molar-refractivity contribution in [3.8, 4) is 0 Å². The highest BCUT2D eigenvalue weighted by molar-refractivity contribution is 7.71. The van der Waals surface area contributed by atoms with Gasteiger partial charge in [0.2, 0.25) is 0 Å². The Kier molecular flexibility index (Phi) is 4.49. The number of rotatable bonds is 5. The molecule has 4 nitrogen and oxygen atoms in total. The van der Waals surface area contributed by atoms with Crippen LogP contribution in [0.15, 0.2) is 34.9 Å². The van der Waals surface area contributed by atoms with Crippen LogP contribution in [-0.2, 0) is 11.1 Å². The van der Waals surface area contributed by atoms with E-state index in [1.165, 1.54) is 25.7 Å². The van der Waals surface area contributed by atoms with Gasteiger partial charge in [-0.15, -0.1) is 0 Å². The standard InChI is InChI=1S/C19H25N2O2P/c22-24(10-3-4-11-24)18-9-5-8-16(12-18)20-14-17-13-19(23-21-17)15-6-1-2-7-15/h5,8-9,12-13,15,20H,1-4,6-7,10-11,14H2. The molecule has 1 saturated heterocycles. The molecule has 2 heterocycles. The molecule has 0 unspecified atom stereocenters. The molecule has 1 saturated carbocycles. The third kappa shape index (κ3) is 3.30. The lowest BCUT2D eigenvalue weighted by molar-refractivity contribution is 0.356. The summed E-state index contributed by atoms with van der Waals surface area (Å²) in [6, 6.07) is 10.2. The monoisotopic (exact) mass is 344 g/mol. The van der Waals surface area contributed by atoms with Gasteiger partial charge < -0.3 is 14.4 Å². The molecule has 4 rings (SSSR count). The Balaban J connectivity index is 1.41. The minimum Gasteiger partial charge on any atom is -0.379 e. The smallest absolute Gasteiger partial charge is 0.140 e. The Hall–Kier alpha value is -1.54. The van der Waals surface area contributed by atoms with Gasteiger partial charge in [-0.25, -0.2) is 0 Å². The van der Waals surface area contributed by atoms with Crippen molar-refractivity contribution in [2.24, 2.45) is 0 Å². The van der Waals surface area contributed by atoms with Crippen LogP contribution >= 0.6 is 7.14 Å². The third-order valence-electron chi connectivity index (χ3n) is 5.41. The van der Waals surface area contributed by atoms with Crippen LogP contribution in [0.1, 0.15) is 55.9 Å². The Morgan fingerprint density at radius 2 is 1.92 bits per heavy atom. The second-order valence-electron chi connectivity index (χ2n) is 7.15. The maximum Gasteiger partial charge on any atom is 0.140 e. The van der Waals surface area contributed by atoms with Gasteiger partial charge in [0, 0.05) is 35.3 Å². The van der Waals surface area contributed by atoms with Gasteiger partial charge in [-0.05, 0) is 37.8 Å². The highest BCUT2D eigenvalue weighted by Gasteiger charge is 2.29. The SMILES string of the molecule is O=P1(c2cccc(NCc3cc(C4CCCC4)on3)c2)CCCC1. The van der Waals surface area contributed by atoms with Crippen LogP contribution in [-0.4, -0.2) is 17.5 Å². The molecule has 1 aliphatic heterocycles. The van der Waals surface area contributed by atoms with Crippen LogP contribution in [0.3, 0.4) is 0 Å². The molecule has 2 aromatic rings. The number of aromatic nitrogens is 1. The largest absolute Gasteiger partial charge is 0.379 e. The average molecular weight is 344 g/mol. The molecule has 0 radical (unpaired) electrons. The number of benzene rings is 1. The number of hydrogen-bond donors (Lipinski definition) is 1. The maximum atomic E-state index is 12.9. The fraction of sp³-hybridized carbons (Fsp3) is 0.526. The van der Waals surface area contributed by atoms with Crippen LogP contribution in [0.4, 0.5) is 5.69 Å². The molecule has 128 valence electrons. The van der Waals surface area contributed by atoms with E-state index >= 15 is 0 Å². The highest BCUT2D eigenvalue weighted by Crippen LogP contribution is 2.51. The molecule has 0 bridgehead atoms. The van der Waals surface area contributed by atoms with Crippen molar-refractivity contribution in [3.05, 3.63) is 41.8 Å². The van der Waals surface area contributed by atoms with E-state index in [1.54, 1.807) is 0 Å². The summed E-state index contributed by atoms with van der Waals surface area (Å²) in [6.07, 6.45) is 8.96. The second kappa shape index (κ2) is 6.76. The van der Waals surface area contributed by atoms with E-state index < -0.39 is 7.14 Å². The zero-order chi connectivity index (χ0) is 16.4. The van der Waals surface area contributed by atoms with Crippen molar-refractivity contribution in [1.82, 2.24) is 5.16 Å². The van der Waals surface area contributed by atoms with Crippen LogP contribution in [0.2, 0.25) is 0 Å². The van der Waals surface area contributed by atoms with Crippen molar-refractivity contribution in [1.29, 1.82) is 0 Å². The molecule has 1 N–H and O–H groups in total. The normalized spacial score (nSPS) is 20.5. The predicted molar refractivity (Wildman–Crippen MR) is 97.7 cm³/mol. The first-order chi connectivity index (χ1) is 11.7. The van der Waals surface area contributed by atoms with Crippen LogP contribution in [0, 0.1) is 0 Å². The number of nitrogens with zero attached hydrogens (tertiary/aromatic N) is 1. The number of hydrogen-bond acceptors (Lipinski definition) is 4. The minimum atomic E-state index is -2.13. The molecule has 1 aliphatic carbocycles. The molecule has 1 aromatic carbocycles. The fourth-order valence-electron chi connectivity index (χ4n) is 3.98. The van der Waals surface area contributed by atoms with Crippen molar-refractivity contribution in [2.75, 3.05) is 17.6 Å². The molecule has 24 heavy (non-hydrogen) atoms. The van der Waals surface area contributed by atoms with E-state index in [-0.39, 0.29) is 0 Å². The minimum absolute atomic E-state index is 0.557. The number of nitrogens with one attached hydrogen (secondary N) is 1. The summed E-state index contributed by atoms with van der Waals surface area (Å²) in [7, 11) is -2.13. The molecule has 2 fully saturated rings. The molecule has 2 aliphatic rings. The summed E-state index contributed by atoms with van der Waals surface area (Å²) >= 11 is 0. The van der Waals surface area contributed by atoms with E-state index in [9.17, 15) is 4.57 Å². The van der Waals surface area contributed by atoms with Gasteiger partial charge in [-0.1, -0.05) is 30.1 Å². The van der Waals surface area contributed by atoms with E-state index in [1.807, 2.05) is 18.2 Å².